The molecule has 3 rings (SSSR count). The van der Waals surface area contributed by atoms with E-state index in [-0.39, 0.29) is 17.3 Å². The van der Waals surface area contributed by atoms with Gasteiger partial charge in [-0.15, -0.1) is 0 Å². The summed E-state index contributed by atoms with van der Waals surface area (Å²) in [7, 11) is -0.668. The summed E-state index contributed by atoms with van der Waals surface area (Å²) < 4.78 is 37.4. The molecule has 7 nitrogen and oxygen atoms in total. The van der Waals surface area contributed by atoms with Crippen LogP contribution >= 0.6 is 0 Å². The topological polar surface area (TPSA) is 76.2 Å². The summed E-state index contributed by atoms with van der Waals surface area (Å²) in [5.41, 5.74) is 1.85. The van der Waals surface area contributed by atoms with Crippen LogP contribution in [0.15, 0.2) is 47.4 Å². The number of carbonyl (C=O) groups excluding carboxylic acids is 1. The van der Waals surface area contributed by atoms with Crippen LogP contribution in [0.5, 0.6) is 11.5 Å². The fourth-order valence-corrected chi connectivity index (χ4v) is 3.95. The van der Waals surface area contributed by atoms with Crippen LogP contribution in [0.2, 0.25) is 0 Å². The third-order valence-electron chi connectivity index (χ3n) is 4.54. The van der Waals surface area contributed by atoms with Gasteiger partial charge >= 0.3 is 0 Å². The Bertz CT molecular complexity index is 957. The number of nitrogens with zero attached hydrogens (tertiary/aromatic N) is 2. The predicted molar refractivity (Wildman–Crippen MR) is 105 cm³/mol. The molecule has 0 N–H and O–H groups in total. The first-order valence-electron chi connectivity index (χ1n) is 8.93. The Morgan fingerprint density at radius 1 is 1.00 bits per heavy atom. The zero-order valence-electron chi connectivity index (χ0n) is 16.2. The molecule has 0 unspecified atom stereocenters. The van der Waals surface area contributed by atoms with Crippen molar-refractivity contribution >= 4 is 15.9 Å². The summed E-state index contributed by atoms with van der Waals surface area (Å²) in [4.78, 5) is 14.2. The first-order chi connectivity index (χ1) is 13.3. The summed E-state index contributed by atoms with van der Waals surface area (Å²) in [5.74, 6) is 1.05. The summed E-state index contributed by atoms with van der Waals surface area (Å²) in [6.45, 7) is 3.00. The van der Waals surface area contributed by atoms with E-state index in [0.717, 1.165) is 15.4 Å². The molecule has 28 heavy (non-hydrogen) atoms. The predicted octanol–water partition coefficient (Wildman–Crippen LogP) is 2.05. The van der Waals surface area contributed by atoms with Gasteiger partial charge in [0, 0.05) is 20.6 Å². The number of rotatable bonds is 6. The average molecular weight is 404 g/mol. The number of aryl methyl sites for hydroxylation is 1. The van der Waals surface area contributed by atoms with Gasteiger partial charge in [-0.2, -0.15) is 4.31 Å². The Morgan fingerprint density at radius 3 is 2.32 bits per heavy atom. The molecule has 150 valence electrons. The molecule has 0 fully saturated rings. The Morgan fingerprint density at radius 2 is 1.64 bits per heavy atom. The average Bonchev–Trinajstić information content (AvgIpc) is 2.68. The molecule has 1 heterocycles. The highest BCUT2D eigenvalue weighted by Gasteiger charge is 2.24. The molecule has 0 atom stereocenters. The number of carbonyl (C=O) groups is 1. The molecule has 1 aliphatic rings. The first kappa shape index (κ1) is 20.2. The Labute approximate surface area is 165 Å². The molecule has 0 radical (unpaired) electrons. The number of amides is 1. The Hall–Kier alpha value is -2.58. The lowest BCUT2D eigenvalue weighted by Crippen LogP contribution is -2.39. The molecule has 2 aromatic carbocycles. The zero-order chi connectivity index (χ0) is 20.3. The Balaban J connectivity index is 1.64. The van der Waals surface area contributed by atoms with Crippen LogP contribution in [0.4, 0.5) is 0 Å². The van der Waals surface area contributed by atoms with Gasteiger partial charge in [-0.1, -0.05) is 23.8 Å². The van der Waals surface area contributed by atoms with Gasteiger partial charge in [0.25, 0.3) is 0 Å². The molecule has 0 saturated carbocycles. The second-order valence-corrected chi connectivity index (χ2v) is 8.85. The highest BCUT2D eigenvalue weighted by atomic mass is 32.2. The fourth-order valence-electron chi connectivity index (χ4n) is 2.83. The summed E-state index contributed by atoms with van der Waals surface area (Å²) in [5, 5.41) is 0. The van der Waals surface area contributed by atoms with Crippen molar-refractivity contribution in [3.8, 4) is 11.5 Å². The van der Waals surface area contributed by atoms with E-state index in [4.69, 9.17) is 9.47 Å². The second kappa shape index (κ2) is 8.20. The van der Waals surface area contributed by atoms with Crippen molar-refractivity contribution < 1.29 is 22.7 Å². The standard InChI is InChI=1S/C20H24N2O5S/c1-15-4-7-17(8-5-15)28(24,25)22(3)14-20(23)21(2)13-16-6-9-18-19(12-16)27-11-10-26-18/h4-9,12H,10-11,13-14H2,1-3H3. The third-order valence-corrected chi connectivity index (χ3v) is 6.36. The van der Waals surface area contributed by atoms with Crippen LogP contribution in [0.3, 0.4) is 0 Å². The number of likely N-dealkylation sites (N-methyl/N-ethyl adjacent to an activating group) is 2. The van der Waals surface area contributed by atoms with Crippen LogP contribution in [0, 0.1) is 6.92 Å². The number of benzene rings is 2. The number of hydrogen-bond donors (Lipinski definition) is 0. The van der Waals surface area contributed by atoms with Crippen molar-refractivity contribution in [3.05, 3.63) is 53.6 Å². The van der Waals surface area contributed by atoms with Gasteiger partial charge in [-0.25, -0.2) is 8.42 Å². The van der Waals surface area contributed by atoms with Gasteiger partial charge in [0.2, 0.25) is 15.9 Å². The van der Waals surface area contributed by atoms with Crippen LogP contribution in [0.1, 0.15) is 11.1 Å². The second-order valence-electron chi connectivity index (χ2n) is 6.80. The SMILES string of the molecule is Cc1ccc(S(=O)(=O)N(C)CC(=O)N(C)Cc2ccc3c(c2)OCCO3)cc1. The van der Waals surface area contributed by atoms with Crippen molar-refractivity contribution in [2.24, 2.45) is 0 Å². The number of hydrogen-bond acceptors (Lipinski definition) is 5. The van der Waals surface area contributed by atoms with Gasteiger partial charge < -0.3 is 14.4 Å². The van der Waals surface area contributed by atoms with Crippen molar-refractivity contribution in [3.63, 3.8) is 0 Å². The smallest absolute Gasteiger partial charge is 0.243 e. The third kappa shape index (κ3) is 4.45. The number of fused-ring (bicyclic) bond motifs is 1. The molecular weight excluding hydrogens is 380 g/mol. The number of ether oxygens (including phenoxy) is 2. The molecule has 0 aliphatic carbocycles. The van der Waals surface area contributed by atoms with E-state index in [9.17, 15) is 13.2 Å². The van der Waals surface area contributed by atoms with Crippen LogP contribution in [0.25, 0.3) is 0 Å². The van der Waals surface area contributed by atoms with Gasteiger partial charge in [0.05, 0.1) is 11.4 Å². The van der Waals surface area contributed by atoms with E-state index in [1.54, 1.807) is 31.3 Å². The minimum Gasteiger partial charge on any atom is -0.486 e. The first-order valence-corrected chi connectivity index (χ1v) is 10.4. The highest BCUT2D eigenvalue weighted by Crippen LogP contribution is 2.31. The molecule has 1 aliphatic heterocycles. The summed E-state index contributed by atoms with van der Waals surface area (Å²) in [6, 6.07) is 12.1. The van der Waals surface area contributed by atoms with E-state index in [1.807, 2.05) is 25.1 Å². The van der Waals surface area contributed by atoms with Crippen molar-refractivity contribution in [1.82, 2.24) is 9.21 Å². The van der Waals surface area contributed by atoms with Gasteiger partial charge in [-0.3, -0.25) is 4.79 Å². The summed E-state index contributed by atoms with van der Waals surface area (Å²) >= 11 is 0. The minimum absolute atomic E-state index is 0.169. The molecule has 0 saturated heterocycles. The zero-order valence-corrected chi connectivity index (χ0v) is 17.0. The lowest BCUT2D eigenvalue weighted by atomic mass is 10.2. The Kier molecular flexibility index (Phi) is 5.90. The monoisotopic (exact) mass is 404 g/mol. The maximum atomic E-state index is 12.6. The fraction of sp³-hybridized carbons (Fsp3) is 0.350. The van der Waals surface area contributed by atoms with Crippen molar-refractivity contribution in [2.75, 3.05) is 33.9 Å². The molecular formula is C20H24N2O5S. The van der Waals surface area contributed by atoms with E-state index in [1.165, 1.54) is 11.9 Å². The minimum atomic E-state index is -3.72. The number of sulfonamides is 1. The molecule has 0 spiro atoms. The maximum Gasteiger partial charge on any atom is 0.243 e. The largest absolute Gasteiger partial charge is 0.486 e. The lowest BCUT2D eigenvalue weighted by Gasteiger charge is -2.23. The van der Waals surface area contributed by atoms with Crippen LogP contribution in [-0.4, -0.2) is 57.4 Å². The van der Waals surface area contributed by atoms with Gasteiger partial charge in [-0.05, 0) is 36.8 Å². The van der Waals surface area contributed by atoms with E-state index in [0.29, 0.717) is 31.3 Å². The maximum absolute atomic E-state index is 12.6. The van der Waals surface area contributed by atoms with E-state index in [2.05, 4.69) is 0 Å². The summed E-state index contributed by atoms with van der Waals surface area (Å²) in [6.07, 6.45) is 0. The van der Waals surface area contributed by atoms with Crippen LogP contribution < -0.4 is 9.47 Å². The quantitative estimate of drug-likeness (QED) is 0.737. The molecule has 8 heteroatoms. The van der Waals surface area contributed by atoms with Crippen molar-refractivity contribution in [1.29, 1.82) is 0 Å². The van der Waals surface area contributed by atoms with E-state index < -0.39 is 10.0 Å². The highest BCUT2D eigenvalue weighted by molar-refractivity contribution is 7.89. The van der Waals surface area contributed by atoms with Crippen molar-refractivity contribution in [2.45, 2.75) is 18.4 Å². The van der Waals surface area contributed by atoms with Gasteiger partial charge in [0.1, 0.15) is 13.2 Å². The van der Waals surface area contributed by atoms with E-state index >= 15 is 0 Å². The van der Waals surface area contributed by atoms with Gasteiger partial charge in [0.15, 0.2) is 11.5 Å². The molecule has 2 aromatic rings. The lowest BCUT2D eigenvalue weighted by molar-refractivity contribution is -0.130. The molecule has 1 amide bonds. The molecule has 0 aromatic heterocycles. The normalized spacial score (nSPS) is 13.4. The van der Waals surface area contributed by atoms with Crippen LogP contribution in [-0.2, 0) is 21.4 Å². The molecule has 0 bridgehead atoms.